The molecule has 3 rings (SSSR count). The van der Waals surface area contributed by atoms with Crippen molar-refractivity contribution in [2.75, 3.05) is 0 Å². The number of nitrogens with zero attached hydrogens (tertiary/aromatic N) is 4. The van der Waals surface area contributed by atoms with Crippen molar-refractivity contribution in [1.29, 1.82) is 0 Å². The standard InChI is InChI=1S/C18H20N4O2/c1-14(2)21(11-15-7-4-3-5-8-15)17(23)12-22-18(24)16-9-6-10-20(16)13-19-22/h3-10,13-14H,11-12H2,1-2H3. The van der Waals surface area contributed by atoms with Crippen LogP contribution in [0.5, 0.6) is 0 Å². The van der Waals surface area contributed by atoms with Crippen LogP contribution in [0.2, 0.25) is 0 Å². The molecule has 2 aromatic heterocycles. The fourth-order valence-electron chi connectivity index (χ4n) is 2.65. The summed E-state index contributed by atoms with van der Waals surface area (Å²) >= 11 is 0. The van der Waals surface area contributed by atoms with Crippen LogP contribution in [0.4, 0.5) is 0 Å². The van der Waals surface area contributed by atoms with E-state index in [1.54, 1.807) is 34.0 Å². The Bertz CT molecular complexity index is 896. The highest BCUT2D eigenvalue weighted by Crippen LogP contribution is 2.09. The topological polar surface area (TPSA) is 59.6 Å². The highest BCUT2D eigenvalue weighted by Gasteiger charge is 2.19. The van der Waals surface area contributed by atoms with Crippen LogP contribution in [0.25, 0.3) is 5.52 Å². The van der Waals surface area contributed by atoms with Crippen molar-refractivity contribution in [2.45, 2.75) is 33.0 Å². The molecule has 0 saturated carbocycles. The van der Waals surface area contributed by atoms with Gasteiger partial charge in [-0.2, -0.15) is 5.10 Å². The predicted molar refractivity (Wildman–Crippen MR) is 91.6 cm³/mol. The van der Waals surface area contributed by atoms with Crippen molar-refractivity contribution < 1.29 is 4.79 Å². The molecule has 0 aliphatic carbocycles. The summed E-state index contributed by atoms with van der Waals surface area (Å²) in [7, 11) is 0. The minimum Gasteiger partial charge on any atom is -0.334 e. The molecule has 0 fully saturated rings. The van der Waals surface area contributed by atoms with Gasteiger partial charge in [-0.3, -0.25) is 9.59 Å². The third-order valence-corrected chi connectivity index (χ3v) is 3.97. The first-order valence-electron chi connectivity index (χ1n) is 7.92. The first-order chi connectivity index (χ1) is 11.6. The van der Waals surface area contributed by atoms with Crippen molar-refractivity contribution in [2.24, 2.45) is 0 Å². The second kappa shape index (κ2) is 6.70. The van der Waals surface area contributed by atoms with E-state index >= 15 is 0 Å². The molecule has 124 valence electrons. The Morgan fingerprint density at radius 1 is 1.17 bits per heavy atom. The summed E-state index contributed by atoms with van der Waals surface area (Å²) in [4.78, 5) is 26.8. The van der Waals surface area contributed by atoms with Gasteiger partial charge in [-0.05, 0) is 31.5 Å². The zero-order chi connectivity index (χ0) is 17.1. The van der Waals surface area contributed by atoms with Crippen LogP contribution in [0, 0.1) is 0 Å². The number of benzene rings is 1. The van der Waals surface area contributed by atoms with Gasteiger partial charge in [0.15, 0.2) is 0 Å². The molecule has 0 unspecified atom stereocenters. The van der Waals surface area contributed by atoms with Gasteiger partial charge >= 0.3 is 0 Å². The van der Waals surface area contributed by atoms with Crippen LogP contribution in [-0.4, -0.2) is 31.0 Å². The van der Waals surface area contributed by atoms with E-state index in [4.69, 9.17) is 0 Å². The molecule has 24 heavy (non-hydrogen) atoms. The maximum Gasteiger partial charge on any atom is 0.291 e. The maximum absolute atomic E-state index is 12.7. The predicted octanol–water partition coefficient (Wildman–Crippen LogP) is 1.93. The van der Waals surface area contributed by atoms with Crippen LogP contribution < -0.4 is 5.56 Å². The van der Waals surface area contributed by atoms with Gasteiger partial charge in [-0.1, -0.05) is 30.3 Å². The van der Waals surface area contributed by atoms with Gasteiger partial charge in [0.25, 0.3) is 5.56 Å². The number of carbonyl (C=O) groups is 1. The summed E-state index contributed by atoms with van der Waals surface area (Å²) < 4.78 is 2.87. The first-order valence-corrected chi connectivity index (χ1v) is 7.92. The lowest BCUT2D eigenvalue weighted by atomic mass is 10.2. The number of rotatable bonds is 5. The average molecular weight is 324 g/mol. The number of fused-ring (bicyclic) bond motifs is 1. The Morgan fingerprint density at radius 2 is 1.92 bits per heavy atom. The smallest absolute Gasteiger partial charge is 0.291 e. The van der Waals surface area contributed by atoms with E-state index in [2.05, 4.69) is 5.10 Å². The molecule has 3 aromatic rings. The number of hydrogen-bond acceptors (Lipinski definition) is 3. The molecule has 0 spiro atoms. The van der Waals surface area contributed by atoms with Gasteiger partial charge in [-0.25, -0.2) is 4.68 Å². The Hall–Kier alpha value is -2.89. The average Bonchev–Trinajstić information content (AvgIpc) is 3.05. The molecule has 0 aliphatic heterocycles. The summed E-state index contributed by atoms with van der Waals surface area (Å²) in [6.45, 7) is 4.38. The fourth-order valence-corrected chi connectivity index (χ4v) is 2.65. The van der Waals surface area contributed by atoms with Gasteiger partial charge in [0.05, 0.1) is 0 Å². The summed E-state index contributed by atoms with van der Waals surface area (Å²) in [6, 6.07) is 13.3. The van der Waals surface area contributed by atoms with Crippen LogP contribution >= 0.6 is 0 Å². The van der Waals surface area contributed by atoms with Gasteiger partial charge in [0, 0.05) is 18.8 Å². The van der Waals surface area contributed by atoms with E-state index in [1.165, 1.54) is 4.68 Å². The Balaban J connectivity index is 1.82. The quantitative estimate of drug-likeness (QED) is 0.720. The number of aromatic nitrogens is 3. The Kier molecular flexibility index (Phi) is 4.46. The number of hydrogen-bond donors (Lipinski definition) is 0. The van der Waals surface area contributed by atoms with Gasteiger partial charge in [0.1, 0.15) is 18.4 Å². The van der Waals surface area contributed by atoms with Crippen molar-refractivity contribution in [3.05, 3.63) is 70.9 Å². The van der Waals surface area contributed by atoms with E-state index in [-0.39, 0.29) is 24.1 Å². The zero-order valence-corrected chi connectivity index (χ0v) is 13.8. The molecule has 2 heterocycles. The lowest BCUT2D eigenvalue weighted by molar-refractivity contribution is -0.134. The molecule has 0 atom stereocenters. The minimum absolute atomic E-state index is 0.0328. The lowest BCUT2D eigenvalue weighted by Crippen LogP contribution is -2.41. The van der Waals surface area contributed by atoms with E-state index in [9.17, 15) is 9.59 Å². The van der Waals surface area contributed by atoms with Gasteiger partial charge in [0.2, 0.25) is 5.91 Å². The van der Waals surface area contributed by atoms with E-state index in [0.717, 1.165) is 5.56 Å². The molecular weight excluding hydrogens is 304 g/mol. The Morgan fingerprint density at radius 3 is 2.62 bits per heavy atom. The minimum atomic E-state index is -0.265. The number of amides is 1. The maximum atomic E-state index is 12.7. The van der Waals surface area contributed by atoms with Crippen LogP contribution in [0.1, 0.15) is 19.4 Å². The number of carbonyl (C=O) groups excluding carboxylic acids is 1. The van der Waals surface area contributed by atoms with Gasteiger partial charge in [-0.15, -0.1) is 0 Å². The zero-order valence-electron chi connectivity index (χ0n) is 13.8. The van der Waals surface area contributed by atoms with Crippen molar-refractivity contribution in [3.63, 3.8) is 0 Å². The SMILES string of the molecule is CC(C)N(Cc1ccccc1)C(=O)Cn1ncn2cccc2c1=O. The molecule has 1 aromatic carbocycles. The van der Waals surface area contributed by atoms with Gasteiger partial charge < -0.3 is 9.30 Å². The van der Waals surface area contributed by atoms with E-state index < -0.39 is 0 Å². The van der Waals surface area contributed by atoms with Crippen molar-refractivity contribution in [1.82, 2.24) is 19.1 Å². The van der Waals surface area contributed by atoms with E-state index in [1.807, 2.05) is 44.2 Å². The molecule has 0 saturated heterocycles. The first kappa shape index (κ1) is 16.0. The lowest BCUT2D eigenvalue weighted by Gasteiger charge is -2.27. The third-order valence-electron chi connectivity index (χ3n) is 3.97. The summed E-state index contributed by atoms with van der Waals surface area (Å²) in [5.41, 5.74) is 1.30. The summed E-state index contributed by atoms with van der Waals surface area (Å²) in [5.74, 6) is -0.126. The second-order valence-corrected chi connectivity index (χ2v) is 6.00. The molecule has 1 amide bonds. The monoisotopic (exact) mass is 324 g/mol. The highest BCUT2D eigenvalue weighted by atomic mass is 16.2. The van der Waals surface area contributed by atoms with E-state index in [0.29, 0.717) is 12.1 Å². The molecule has 0 N–H and O–H groups in total. The summed E-state index contributed by atoms with van der Waals surface area (Å²) in [6.07, 6.45) is 3.30. The fraction of sp³-hybridized carbons (Fsp3) is 0.278. The Labute approximate surface area is 139 Å². The second-order valence-electron chi connectivity index (χ2n) is 6.00. The largest absolute Gasteiger partial charge is 0.334 e. The van der Waals surface area contributed by atoms with Crippen LogP contribution in [0.3, 0.4) is 0 Å². The molecular formula is C18H20N4O2. The van der Waals surface area contributed by atoms with Crippen molar-refractivity contribution >= 4 is 11.4 Å². The van der Waals surface area contributed by atoms with Crippen LogP contribution in [0.15, 0.2) is 59.8 Å². The van der Waals surface area contributed by atoms with Crippen LogP contribution in [-0.2, 0) is 17.9 Å². The third kappa shape index (κ3) is 3.22. The molecule has 0 aliphatic rings. The normalized spacial score (nSPS) is 11.1. The van der Waals surface area contributed by atoms with Crippen molar-refractivity contribution in [3.8, 4) is 0 Å². The summed E-state index contributed by atoms with van der Waals surface area (Å²) in [5, 5.41) is 4.09. The molecule has 6 heteroatoms. The molecule has 0 radical (unpaired) electrons. The highest BCUT2D eigenvalue weighted by molar-refractivity contribution is 5.76. The molecule has 0 bridgehead atoms. The molecule has 6 nitrogen and oxygen atoms in total.